The van der Waals surface area contributed by atoms with Gasteiger partial charge in [-0.05, 0) is 116 Å². The second-order valence-electron chi connectivity index (χ2n) is 22.3. The number of carboxylic acid groups (broad SMARTS) is 1. The summed E-state index contributed by atoms with van der Waals surface area (Å²) in [5.41, 5.74) is 0. The maximum atomic E-state index is 13.2. The summed E-state index contributed by atoms with van der Waals surface area (Å²) in [6.07, 6.45) is 70.2. The van der Waals surface area contributed by atoms with Crippen LogP contribution in [0.4, 0.5) is 0 Å². The van der Waals surface area contributed by atoms with E-state index in [4.69, 9.17) is 23.7 Å². The van der Waals surface area contributed by atoms with Crippen molar-refractivity contribution in [2.75, 3.05) is 13.2 Å². The zero-order chi connectivity index (χ0) is 61.7. The van der Waals surface area contributed by atoms with Crippen LogP contribution >= 0.6 is 0 Å². The molecule has 0 aliphatic carbocycles. The number of aliphatic hydroxyl groups is 2. The summed E-state index contributed by atoms with van der Waals surface area (Å²) in [5, 5.41) is 31.6. The second-order valence-corrected chi connectivity index (χ2v) is 22.3. The molecule has 0 aromatic carbocycles. The van der Waals surface area contributed by atoms with Crippen LogP contribution in [0, 0.1) is 0 Å². The maximum absolute atomic E-state index is 13.2. The van der Waals surface area contributed by atoms with Gasteiger partial charge >= 0.3 is 23.9 Å². The largest absolute Gasteiger partial charge is 0.479 e. The Morgan fingerprint density at radius 1 is 0.400 bits per heavy atom. The summed E-state index contributed by atoms with van der Waals surface area (Å²) >= 11 is 0. The van der Waals surface area contributed by atoms with E-state index in [-0.39, 0.29) is 25.9 Å². The van der Waals surface area contributed by atoms with Crippen LogP contribution in [0.3, 0.4) is 0 Å². The van der Waals surface area contributed by atoms with E-state index >= 15 is 0 Å². The number of carbonyl (C=O) groups excluding carboxylic acids is 3. The van der Waals surface area contributed by atoms with Crippen molar-refractivity contribution in [3.8, 4) is 0 Å². The van der Waals surface area contributed by atoms with Crippen LogP contribution in [0.25, 0.3) is 0 Å². The smallest absolute Gasteiger partial charge is 0.335 e. The number of hydrogen-bond donors (Lipinski definition) is 3. The fourth-order valence-corrected chi connectivity index (χ4v) is 9.46. The molecule has 0 aromatic heterocycles. The number of rotatable bonds is 56. The van der Waals surface area contributed by atoms with Crippen molar-refractivity contribution < 1.29 is 58.2 Å². The minimum atomic E-state index is -1.92. The third-order valence-electron chi connectivity index (χ3n) is 14.5. The van der Waals surface area contributed by atoms with Crippen molar-refractivity contribution in [1.29, 1.82) is 0 Å². The van der Waals surface area contributed by atoms with Gasteiger partial charge < -0.3 is 39.0 Å². The summed E-state index contributed by atoms with van der Waals surface area (Å²) in [5.74, 6) is -3.25. The van der Waals surface area contributed by atoms with Crippen molar-refractivity contribution in [2.45, 2.75) is 302 Å². The number of carboxylic acids is 1. The molecule has 482 valence electrons. The number of ether oxygens (including phenoxy) is 5. The molecular formula is C73H118O12. The van der Waals surface area contributed by atoms with E-state index in [1.165, 1.54) is 70.6 Å². The molecule has 0 saturated carbocycles. The lowest BCUT2D eigenvalue weighted by Gasteiger charge is -2.40. The number of aliphatic hydroxyl groups excluding tert-OH is 2. The predicted molar refractivity (Wildman–Crippen MR) is 349 cm³/mol. The van der Waals surface area contributed by atoms with Gasteiger partial charge in [-0.1, -0.05) is 251 Å². The monoisotopic (exact) mass is 1190 g/mol. The number of esters is 3. The number of carbonyl (C=O) groups is 4. The lowest BCUT2D eigenvalue weighted by molar-refractivity contribution is -0.301. The second kappa shape index (κ2) is 59.5. The molecule has 12 nitrogen and oxygen atoms in total. The quantitative estimate of drug-likeness (QED) is 0.0228. The van der Waals surface area contributed by atoms with Gasteiger partial charge in [-0.25, -0.2) is 4.79 Å². The Hall–Kier alpha value is -4.88. The first kappa shape index (κ1) is 78.1. The Labute approximate surface area is 516 Å². The molecule has 1 fully saturated rings. The van der Waals surface area contributed by atoms with E-state index < -0.39 is 67.3 Å². The Bertz CT molecular complexity index is 1940. The van der Waals surface area contributed by atoms with Gasteiger partial charge in [0.05, 0.1) is 6.61 Å². The van der Waals surface area contributed by atoms with Crippen LogP contribution in [-0.2, 0) is 42.9 Å². The van der Waals surface area contributed by atoms with Crippen molar-refractivity contribution >= 4 is 23.9 Å². The fraction of sp³-hybridized carbons (Fsp3) is 0.671. The average Bonchev–Trinajstić information content (AvgIpc) is 3.51. The van der Waals surface area contributed by atoms with E-state index in [9.17, 15) is 34.5 Å². The Balaban J connectivity index is 2.70. The molecule has 6 atom stereocenters. The molecule has 0 bridgehead atoms. The van der Waals surface area contributed by atoms with Gasteiger partial charge in [0, 0.05) is 19.3 Å². The summed E-state index contributed by atoms with van der Waals surface area (Å²) in [6, 6.07) is 0. The summed E-state index contributed by atoms with van der Waals surface area (Å²) < 4.78 is 28.5. The summed E-state index contributed by atoms with van der Waals surface area (Å²) in [7, 11) is 0. The normalized spacial score (nSPS) is 18.2. The van der Waals surface area contributed by atoms with Gasteiger partial charge in [0.15, 0.2) is 24.6 Å². The van der Waals surface area contributed by atoms with Gasteiger partial charge in [0.1, 0.15) is 18.8 Å². The lowest BCUT2D eigenvalue weighted by Crippen LogP contribution is -2.61. The van der Waals surface area contributed by atoms with Gasteiger partial charge in [0.2, 0.25) is 0 Å². The third-order valence-corrected chi connectivity index (χ3v) is 14.5. The van der Waals surface area contributed by atoms with Crippen molar-refractivity contribution in [2.24, 2.45) is 0 Å². The SMILES string of the molecule is CC/C=C\C/C=C\C/C=C\C/C=C\C/C=C\C/C=C\CCC(=O)OCC(COC1OC(C(=O)O)C(O)C(O)C1OC(=O)CCCCCCCCCCC/C=C\CCCCCCCC)OC(=O)CCCCCCCCC/C=C\C/C=C\C/C=C\CC. The van der Waals surface area contributed by atoms with Gasteiger partial charge in [-0.3, -0.25) is 14.4 Å². The number of aliphatic carboxylic acids is 1. The fourth-order valence-electron chi connectivity index (χ4n) is 9.46. The Morgan fingerprint density at radius 2 is 0.765 bits per heavy atom. The van der Waals surface area contributed by atoms with Crippen LogP contribution in [0.2, 0.25) is 0 Å². The van der Waals surface area contributed by atoms with Crippen LogP contribution in [-0.4, -0.2) is 89.2 Å². The van der Waals surface area contributed by atoms with Gasteiger partial charge in [-0.2, -0.15) is 0 Å². The molecule has 3 N–H and O–H groups in total. The van der Waals surface area contributed by atoms with Crippen molar-refractivity contribution in [3.05, 3.63) is 122 Å². The average molecular weight is 1190 g/mol. The van der Waals surface area contributed by atoms with Crippen molar-refractivity contribution in [3.63, 3.8) is 0 Å². The van der Waals surface area contributed by atoms with Crippen LogP contribution in [0.1, 0.15) is 265 Å². The maximum Gasteiger partial charge on any atom is 0.335 e. The number of hydrogen-bond acceptors (Lipinski definition) is 11. The molecule has 1 aliphatic heterocycles. The number of unbranched alkanes of at least 4 members (excludes halogenated alkanes) is 22. The molecule has 0 amide bonds. The lowest BCUT2D eigenvalue weighted by atomic mass is 9.98. The minimum absolute atomic E-state index is 0.0449. The molecule has 0 spiro atoms. The molecule has 0 radical (unpaired) electrons. The van der Waals surface area contributed by atoms with Crippen LogP contribution < -0.4 is 0 Å². The highest BCUT2D eigenvalue weighted by Crippen LogP contribution is 2.26. The van der Waals surface area contributed by atoms with Crippen LogP contribution in [0.15, 0.2) is 122 Å². The molecule has 85 heavy (non-hydrogen) atoms. The third kappa shape index (κ3) is 48.9. The van der Waals surface area contributed by atoms with Gasteiger partial charge in [0.25, 0.3) is 0 Å². The molecule has 6 unspecified atom stereocenters. The molecular weight excluding hydrogens is 1070 g/mol. The standard InChI is InChI=1S/C73H118O12/c1-4-7-10-13-16-19-22-25-28-31-33-36-38-41-44-47-50-53-56-59-65(74)81-62-64(83-66(75)60-57-54-51-48-45-42-39-35-30-27-24-21-18-15-12-9-6-3)63-82-73-71(69(78)68(77)70(85-73)72(79)80)84-67(76)61-58-55-52-49-46-43-40-37-34-32-29-26-23-20-17-14-11-8-5-2/h7,9-10,12,16,18-19,21,25-30,33,36,41,44,50,53,64,68-71,73,77-78H,4-6,8,11,13-15,17,20,22-24,31-32,34-35,37-40,42-43,45-49,51-52,54-63H2,1-3H3,(H,79,80)/b10-7-,12-9-,19-16-,21-18-,28-25-,29-26-,30-27-,36-33-,44-41-,53-50-. The zero-order valence-electron chi connectivity index (χ0n) is 53.3. The molecule has 1 aliphatic rings. The highest BCUT2D eigenvalue weighted by molar-refractivity contribution is 5.74. The van der Waals surface area contributed by atoms with Crippen molar-refractivity contribution in [1.82, 2.24) is 0 Å². The van der Waals surface area contributed by atoms with Crippen LogP contribution in [0.5, 0.6) is 0 Å². The zero-order valence-corrected chi connectivity index (χ0v) is 53.3. The van der Waals surface area contributed by atoms with E-state index in [0.29, 0.717) is 19.3 Å². The Kier molecular flexibility index (Phi) is 54.6. The molecule has 0 aromatic rings. The highest BCUT2D eigenvalue weighted by Gasteiger charge is 2.50. The van der Waals surface area contributed by atoms with E-state index in [2.05, 4.69) is 130 Å². The first-order valence-corrected chi connectivity index (χ1v) is 33.5. The highest BCUT2D eigenvalue weighted by atomic mass is 16.7. The molecule has 1 saturated heterocycles. The Morgan fingerprint density at radius 3 is 1.19 bits per heavy atom. The van der Waals surface area contributed by atoms with Gasteiger partial charge in [-0.15, -0.1) is 0 Å². The minimum Gasteiger partial charge on any atom is -0.479 e. The molecule has 1 rings (SSSR count). The topological polar surface area (TPSA) is 175 Å². The number of allylic oxidation sites excluding steroid dienone is 20. The molecule has 1 heterocycles. The van der Waals surface area contributed by atoms with E-state index in [1.54, 1.807) is 0 Å². The first-order chi connectivity index (χ1) is 41.6. The summed E-state index contributed by atoms with van der Waals surface area (Å²) in [6.45, 7) is 5.72. The summed E-state index contributed by atoms with van der Waals surface area (Å²) in [4.78, 5) is 51.4. The van der Waals surface area contributed by atoms with E-state index in [1.807, 2.05) is 12.2 Å². The first-order valence-electron chi connectivity index (χ1n) is 33.5. The van der Waals surface area contributed by atoms with E-state index in [0.717, 1.165) is 135 Å². The molecule has 12 heteroatoms. The predicted octanol–water partition coefficient (Wildman–Crippen LogP) is 18.3.